The molecule has 0 bridgehead atoms. The molecule has 0 aliphatic rings. The Bertz CT molecular complexity index is 904. The molecule has 3 aromatic rings. The number of rotatable bonds is 10. The Kier molecular flexibility index (Phi) is 8.00. The molecule has 0 aliphatic heterocycles. The second-order valence-electron chi connectivity index (χ2n) is 7.41. The van der Waals surface area contributed by atoms with Gasteiger partial charge in [0, 0.05) is 42.9 Å². The summed E-state index contributed by atoms with van der Waals surface area (Å²) < 4.78 is 2.21. The van der Waals surface area contributed by atoms with Crippen molar-refractivity contribution < 1.29 is 4.79 Å². The second-order valence-corrected chi connectivity index (χ2v) is 7.84. The first-order valence-corrected chi connectivity index (χ1v) is 10.9. The molecule has 3 rings (SSSR count). The molecule has 5 heteroatoms. The Labute approximate surface area is 178 Å². The lowest BCUT2D eigenvalue weighted by Crippen LogP contribution is -2.41. The van der Waals surface area contributed by atoms with E-state index in [1.54, 1.807) is 0 Å². The molecule has 2 aromatic carbocycles. The van der Waals surface area contributed by atoms with Crippen LogP contribution in [0.2, 0.25) is 5.02 Å². The number of fused-ring (bicyclic) bond motifs is 1. The van der Waals surface area contributed by atoms with E-state index in [1.807, 2.05) is 41.3 Å². The van der Waals surface area contributed by atoms with Crippen molar-refractivity contribution in [3.05, 3.63) is 71.4 Å². The minimum absolute atomic E-state index is 0.00656. The van der Waals surface area contributed by atoms with E-state index in [4.69, 9.17) is 11.6 Å². The van der Waals surface area contributed by atoms with Crippen molar-refractivity contribution in [2.75, 3.05) is 13.1 Å². The summed E-state index contributed by atoms with van der Waals surface area (Å²) in [6, 6.07) is 18.1. The van der Waals surface area contributed by atoms with Gasteiger partial charge in [-0.3, -0.25) is 0 Å². The fraction of sp³-hybridized carbons (Fsp3) is 0.375. The normalized spacial score (nSPS) is 11.0. The molecule has 0 atom stereocenters. The van der Waals surface area contributed by atoms with Gasteiger partial charge in [0.15, 0.2) is 0 Å². The van der Waals surface area contributed by atoms with Gasteiger partial charge in [-0.25, -0.2) is 4.79 Å². The van der Waals surface area contributed by atoms with Gasteiger partial charge in [-0.15, -0.1) is 0 Å². The Morgan fingerprint density at radius 2 is 1.83 bits per heavy atom. The molecule has 0 radical (unpaired) electrons. The molecule has 0 saturated heterocycles. The maximum Gasteiger partial charge on any atom is 0.317 e. The number of carbonyl (C=O) groups excluding carboxylic acids is 1. The lowest BCUT2D eigenvalue weighted by Gasteiger charge is -2.24. The van der Waals surface area contributed by atoms with Crippen LogP contribution in [0.5, 0.6) is 0 Å². The number of hydrogen-bond acceptors (Lipinski definition) is 1. The third kappa shape index (κ3) is 6.26. The zero-order valence-corrected chi connectivity index (χ0v) is 17.9. The largest absolute Gasteiger partial charge is 0.346 e. The number of aromatic nitrogens is 1. The van der Waals surface area contributed by atoms with Crippen LogP contribution >= 0.6 is 11.6 Å². The highest BCUT2D eigenvalue weighted by atomic mass is 35.5. The van der Waals surface area contributed by atoms with Crippen molar-refractivity contribution in [3.63, 3.8) is 0 Å². The van der Waals surface area contributed by atoms with Crippen LogP contribution in [-0.4, -0.2) is 28.6 Å². The maximum absolute atomic E-state index is 12.8. The number of carbonyl (C=O) groups is 1. The lowest BCUT2D eigenvalue weighted by atomic mass is 10.2. The fourth-order valence-electron chi connectivity index (χ4n) is 3.49. The average Bonchev–Trinajstić information content (AvgIpc) is 3.15. The number of nitrogens with zero attached hydrogens (tertiary/aromatic N) is 2. The number of unbranched alkanes of at least 4 members (excludes halogenated alkanes) is 3. The molecule has 1 N–H and O–H groups in total. The van der Waals surface area contributed by atoms with Crippen molar-refractivity contribution in [2.45, 2.75) is 45.7 Å². The molecule has 1 aromatic heterocycles. The van der Waals surface area contributed by atoms with E-state index >= 15 is 0 Å². The van der Waals surface area contributed by atoms with Crippen LogP contribution in [0, 0.1) is 0 Å². The third-order valence-corrected chi connectivity index (χ3v) is 5.42. The zero-order valence-electron chi connectivity index (χ0n) is 17.1. The van der Waals surface area contributed by atoms with E-state index in [9.17, 15) is 4.79 Å². The summed E-state index contributed by atoms with van der Waals surface area (Å²) in [5.41, 5.74) is 2.27. The summed E-state index contributed by atoms with van der Waals surface area (Å²) in [7, 11) is 0. The summed E-state index contributed by atoms with van der Waals surface area (Å²) in [6.45, 7) is 4.88. The van der Waals surface area contributed by atoms with Crippen molar-refractivity contribution in [1.29, 1.82) is 0 Å². The first-order chi connectivity index (χ1) is 14.2. The molecule has 0 unspecified atom stereocenters. The molecule has 0 aliphatic carbocycles. The van der Waals surface area contributed by atoms with E-state index in [-0.39, 0.29) is 6.03 Å². The van der Waals surface area contributed by atoms with Crippen molar-refractivity contribution >= 4 is 28.5 Å². The summed E-state index contributed by atoms with van der Waals surface area (Å²) in [6.07, 6.45) is 6.68. The molecule has 0 fully saturated rings. The molecule has 0 saturated carbocycles. The maximum atomic E-state index is 12.8. The molecule has 1 heterocycles. The van der Waals surface area contributed by atoms with E-state index in [2.05, 4.69) is 41.2 Å². The van der Waals surface area contributed by atoms with Gasteiger partial charge in [0.1, 0.15) is 0 Å². The highest BCUT2D eigenvalue weighted by Gasteiger charge is 2.14. The van der Waals surface area contributed by atoms with Crippen LogP contribution in [-0.2, 0) is 13.1 Å². The average molecular weight is 412 g/mol. The van der Waals surface area contributed by atoms with E-state index in [0.29, 0.717) is 18.1 Å². The first-order valence-electron chi connectivity index (χ1n) is 10.5. The minimum atomic E-state index is -0.00656. The van der Waals surface area contributed by atoms with Gasteiger partial charge < -0.3 is 14.8 Å². The van der Waals surface area contributed by atoms with Crippen molar-refractivity contribution in [2.24, 2.45) is 0 Å². The third-order valence-electron chi connectivity index (χ3n) is 5.17. The minimum Gasteiger partial charge on any atom is -0.346 e. The highest BCUT2D eigenvalue weighted by Crippen LogP contribution is 2.16. The molecule has 29 heavy (non-hydrogen) atoms. The number of amides is 2. The van der Waals surface area contributed by atoms with Crippen LogP contribution in [0.25, 0.3) is 10.9 Å². The Morgan fingerprint density at radius 3 is 2.62 bits per heavy atom. The smallest absolute Gasteiger partial charge is 0.317 e. The van der Waals surface area contributed by atoms with Crippen molar-refractivity contribution in [1.82, 2.24) is 14.8 Å². The SMILES string of the molecule is CCCCCCNC(=O)N(CCn1ccc2ccccc21)Cc1ccc(Cl)cc1. The van der Waals surface area contributed by atoms with Gasteiger partial charge in [0.05, 0.1) is 0 Å². The van der Waals surface area contributed by atoms with E-state index < -0.39 is 0 Å². The Morgan fingerprint density at radius 1 is 1.03 bits per heavy atom. The van der Waals surface area contributed by atoms with Crippen LogP contribution < -0.4 is 5.32 Å². The monoisotopic (exact) mass is 411 g/mol. The summed E-state index contributed by atoms with van der Waals surface area (Å²) >= 11 is 6.01. The Balaban J connectivity index is 1.64. The molecule has 0 spiro atoms. The highest BCUT2D eigenvalue weighted by molar-refractivity contribution is 6.30. The van der Waals surface area contributed by atoms with Gasteiger partial charge in [0.25, 0.3) is 0 Å². The molecular formula is C24H30ClN3O. The van der Waals surface area contributed by atoms with Crippen LogP contribution in [0.1, 0.15) is 38.2 Å². The molecular weight excluding hydrogens is 382 g/mol. The number of nitrogens with one attached hydrogen (secondary N) is 1. The number of benzene rings is 2. The van der Waals surface area contributed by atoms with Crippen LogP contribution in [0.3, 0.4) is 0 Å². The second kappa shape index (κ2) is 10.9. The topological polar surface area (TPSA) is 37.3 Å². The predicted molar refractivity (Wildman–Crippen MR) is 121 cm³/mol. The number of halogens is 1. The van der Waals surface area contributed by atoms with Gasteiger partial charge in [0.2, 0.25) is 0 Å². The van der Waals surface area contributed by atoms with Crippen LogP contribution in [0.15, 0.2) is 60.8 Å². The molecule has 154 valence electrons. The molecule has 2 amide bonds. The fourth-order valence-corrected chi connectivity index (χ4v) is 3.61. The van der Waals surface area contributed by atoms with E-state index in [0.717, 1.165) is 31.5 Å². The van der Waals surface area contributed by atoms with Crippen LogP contribution in [0.4, 0.5) is 4.79 Å². The standard InChI is InChI=1S/C24H30ClN3O/c1-2-3-4-7-15-26-24(29)28(19-20-10-12-22(25)13-11-20)18-17-27-16-14-21-8-5-6-9-23(21)27/h5-6,8-14,16H,2-4,7,15,17-19H2,1H3,(H,26,29). The predicted octanol–water partition coefficient (Wildman–Crippen LogP) is 6.09. The van der Waals surface area contributed by atoms with Gasteiger partial charge in [-0.1, -0.05) is 68.1 Å². The lowest BCUT2D eigenvalue weighted by molar-refractivity contribution is 0.193. The zero-order chi connectivity index (χ0) is 20.5. The summed E-state index contributed by atoms with van der Waals surface area (Å²) in [5, 5.41) is 5.02. The first kappa shape index (κ1) is 21.3. The number of hydrogen-bond donors (Lipinski definition) is 1. The summed E-state index contributed by atoms with van der Waals surface area (Å²) in [4.78, 5) is 14.7. The number of para-hydroxylation sites is 1. The van der Waals surface area contributed by atoms with Gasteiger partial charge >= 0.3 is 6.03 Å². The van der Waals surface area contributed by atoms with Crippen molar-refractivity contribution in [3.8, 4) is 0 Å². The number of urea groups is 1. The molecule has 4 nitrogen and oxygen atoms in total. The summed E-state index contributed by atoms with van der Waals surface area (Å²) in [5.74, 6) is 0. The van der Waals surface area contributed by atoms with Gasteiger partial charge in [-0.2, -0.15) is 0 Å². The Hall–Kier alpha value is -2.46. The van der Waals surface area contributed by atoms with Gasteiger partial charge in [-0.05, 0) is 41.6 Å². The van der Waals surface area contributed by atoms with E-state index in [1.165, 1.54) is 23.7 Å². The quantitative estimate of drug-likeness (QED) is 0.403.